The Kier molecular flexibility index (Phi) is 2.33. The summed E-state index contributed by atoms with van der Waals surface area (Å²) in [6.07, 6.45) is 0. The number of nitrogen functional groups attached to an aromatic ring is 1. The highest BCUT2D eigenvalue weighted by atomic mass is 32.3. The number of nitrogens with two attached hydrogens (primary N) is 1. The summed E-state index contributed by atoms with van der Waals surface area (Å²) >= 11 is 0. The predicted molar refractivity (Wildman–Crippen MR) is 45.8 cm³/mol. The second-order valence-corrected chi connectivity index (χ2v) is 3.73. The molecule has 0 radical (unpaired) electrons. The average molecular weight is 202 g/mol. The van der Waals surface area contributed by atoms with Crippen molar-refractivity contribution in [3.05, 3.63) is 29.8 Å². The maximum atomic E-state index is 12.4. The van der Waals surface area contributed by atoms with Crippen LogP contribution in [-0.4, -0.2) is 14.3 Å². The molecular weight excluding hydrogens is 195 g/mol. The molecule has 1 rings (SSSR count). The summed E-state index contributed by atoms with van der Waals surface area (Å²) in [6.45, 7) is 0. The summed E-state index contributed by atoms with van der Waals surface area (Å²) in [4.78, 5) is -0.486. The fourth-order valence-corrected chi connectivity index (χ4v) is 1.32. The Bertz CT molecular complexity index is 442. The van der Waals surface area contributed by atoms with E-state index in [1.807, 2.05) is 0 Å². The molecule has 13 heavy (non-hydrogen) atoms. The summed E-state index contributed by atoms with van der Waals surface area (Å²) in [5, 5.41) is 7.00. The maximum Gasteiger partial charge on any atom is 0.332 e. The van der Waals surface area contributed by atoms with Gasteiger partial charge in [-0.15, -0.1) is 3.89 Å². The lowest BCUT2D eigenvalue weighted by Crippen LogP contribution is -2.11. The van der Waals surface area contributed by atoms with Gasteiger partial charge in [-0.1, -0.05) is 12.1 Å². The minimum atomic E-state index is -4.71. The van der Waals surface area contributed by atoms with Gasteiger partial charge in [0.1, 0.15) is 5.84 Å². The van der Waals surface area contributed by atoms with Gasteiger partial charge in [0.2, 0.25) is 0 Å². The van der Waals surface area contributed by atoms with Crippen LogP contribution in [0.2, 0.25) is 0 Å². The Hall–Kier alpha value is -1.43. The maximum absolute atomic E-state index is 12.4. The van der Waals surface area contributed by atoms with Crippen LogP contribution in [0.3, 0.4) is 0 Å². The highest BCUT2D eigenvalue weighted by Crippen LogP contribution is 2.13. The van der Waals surface area contributed by atoms with Crippen LogP contribution in [0, 0.1) is 5.41 Å². The first-order chi connectivity index (χ1) is 5.91. The number of hydrogen-bond acceptors (Lipinski definition) is 3. The molecule has 0 amide bonds. The van der Waals surface area contributed by atoms with E-state index in [9.17, 15) is 12.3 Å². The number of benzene rings is 1. The third-order valence-corrected chi connectivity index (χ3v) is 2.24. The van der Waals surface area contributed by atoms with Gasteiger partial charge in [0.25, 0.3) is 0 Å². The van der Waals surface area contributed by atoms with Gasteiger partial charge in [-0.3, -0.25) is 5.41 Å². The van der Waals surface area contributed by atoms with Crippen molar-refractivity contribution in [2.24, 2.45) is 5.73 Å². The van der Waals surface area contributed by atoms with Gasteiger partial charge < -0.3 is 5.73 Å². The van der Waals surface area contributed by atoms with E-state index < -0.39 is 15.1 Å². The van der Waals surface area contributed by atoms with Gasteiger partial charge in [-0.25, -0.2) is 0 Å². The first-order valence-corrected chi connectivity index (χ1v) is 4.69. The Labute approximate surface area is 74.9 Å². The molecule has 0 aliphatic carbocycles. The molecule has 3 N–H and O–H groups in total. The predicted octanol–water partition coefficient (Wildman–Crippen LogP) is 0.629. The van der Waals surface area contributed by atoms with E-state index in [-0.39, 0.29) is 11.4 Å². The minimum Gasteiger partial charge on any atom is -0.384 e. The standard InChI is InChI=1S/C7H7FN2O2S/c8-13(11,12)6-3-1-2-5(4-6)7(9)10/h1-4H,(H3,9,10). The summed E-state index contributed by atoms with van der Waals surface area (Å²) in [6, 6.07) is 4.86. The van der Waals surface area contributed by atoms with Crippen LogP contribution in [0.5, 0.6) is 0 Å². The molecule has 0 fully saturated rings. The van der Waals surface area contributed by atoms with E-state index in [0.29, 0.717) is 0 Å². The van der Waals surface area contributed by atoms with Gasteiger partial charge in [-0.05, 0) is 12.1 Å². The molecule has 0 aliphatic rings. The van der Waals surface area contributed by atoms with E-state index in [1.54, 1.807) is 0 Å². The van der Waals surface area contributed by atoms with Gasteiger partial charge in [0, 0.05) is 5.56 Å². The summed E-state index contributed by atoms with van der Waals surface area (Å²) in [5.74, 6) is -0.300. The van der Waals surface area contributed by atoms with Crippen LogP contribution in [0.4, 0.5) is 3.89 Å². The Morgan fingerprint density at radius 1 is 1.46 bits per heavy atom. The molecule has 0 aliphatic heterocycles. The summed E-state index contributed by atoms with van der Waals surface area (Å²) in [7, 11) is -4.71. The smallest absolute Gasteiger partial charge is 0.332 e. The van der Waals surface area contributed by atoms with E-state index in [2.05, 4.69) is 0 Å². The highest BCUT2D eigenvalue weighted by Gasteiger charge is 2.12. The van der Waals surface area contributed by atoms with E-state index in [4.69, 9.17) is 11.1 Å². The average Bonchev–Trinajstić information content (AvgIpc) is 2.03. The fraction of sp³-hybridized carbons (Fsp3) is 0. The molecule has 0 atom stereocenters. The molecule has 0 aromatic heterocycles. The zero-order valence-corrected chi connectivity index (χ0v) is 7.31. The van der Waals surface area contributed by atoms with Crippen LogP contribution >= 0.6 is 0 Å². The monoisotopic (exact) mass is 202 g/mol. The van der Waals surface area contributed by atoms with Crippen LogP contribution in [0.25, 0.3) is 0 Å². The molecular formula is C7H7FN2O2S. The lowest BCUT2D eigenvalue weighted by molar-refractivity contribution is 0.552. The van der Waals surface area contributed by atoms with Crippen LogP contribution in [-0.2, 0) is 10.2 Å². The number of nitrogens with one attached hydrogen (secondary N) is 1. The van der Waals surface area contributed by atoms with E-state index >= 15 is 0 Å². The van der Waals surface area contributed by atoms with Crippen molar-refractivity contribution in [2.75, 3.05) is 0 Å². The lowest BCUT2D eigenvalue weighted by Gasteiger charge is -1.99. The van der Waals surface area contributed by atoms with Gasteiger partial charge in [-0.2, -0.15) is 8.42 Å². The van der Waals surface area contributed by atoms with Crippen molar-refractivity contribution in [2.45, 2.75) is 4.90 Å². The lowest BCUT2D eigenvalue weighted by atomic mass is 10.2. The number of rotatable bonds is 2. The second kappa shape index (κ2) is 3.14. The third kappa shape index (κ3) is 2.25. The van der Waals surface area contributed by atoms with E-state index in [1.165, 1.54) is 12.1 Å². The number of halogens is 1. The van der Waals surface area contributed by atoms with Gasteiger partial charge in [0.15, 0.2) is 0 Å². The van der Waals surface area contributed by atoms with Crippen molar-refractivity contribution >= 4 is 16.1 Å². The molecule has 0 spiro atoms. The first kappa shape index (κ1) is 9.66. The normalized spacial score (nSPS) is 11.2. The Morgan fingerprint density at radius 3 is 2.54 bits per heavy atom. The topological polar surface area (TPSA) is 84.0 Å². The van der Waals surface area contributed by atoms with Crippen LogP contribution < -0.4 is 5.73 Å². The van der Waals surface area contributed by atoms with Crippen LogP contribution in [0.1, 0.15) is 5.56 Å². The summed E-state index contributed by atoms with van der Waals surface area (Å²) in [5.41, 5.74) is 5.27. The van der Waals surface area contributed by atoms with Gasteiger partial charge in [0.05, 0.1) is 4.90 Å². The van der Waals surface area contributed by atoms with Crippen molar-refractivity contribution < 1.29 is 12.3 Å². The molecule has 4 nitrogen and oxygen atoms in total. The molecule has 0 heterocycles. The summed E-state index contributed by atoms with van der Waals surface area (Å²) < 4.78 is 33.3. The van der Waals surface area contributed by atoms with Crippen molar-refractivity contribution in [3.8, 4) is 0 Å². The van der Waals surface area contributed by atoms with Crippen molar-refractivity contribution in [1.29, 1.82) is 5.41 Å². The molecule has 1 aromatic carbocycles. The molecule has 1 aromatic rings. The quantitative estimate of drug-likeness (QED) is 0.419. The molecule has 6 heteroatoms. The first-order valence-electron chi connectivity index (χ1n) is 3.30. The zero-order valence-electron chi connectivity index (χ0n) is 6.49. The third-order valence-electron chi connectivity index (χ3n) is 1.43. The van der Waals surface area contributed by atoms with Crippen molar-refractivity contribution in [3.63, 3.8) is 0 Å². The van der Waals surface area contributed by atoms with Crippen molar-refractivity contribution in [1.82, 2.24) is 0 Å². The van der Waals surface area contributed by atoms with Crippen LogP contribution in [0.15, 0.2) is 29.2 Å². The SMILES string of the molecule is N=C(N)c1cccc(S(=O)(=O)F)c1. The second-order valence-electron chi connectivity index (χ2n) is 2.38. The fourth-order valence-electron chi connectivity index (χ4n) is 0.815. The Morgan fingerprint density at radius 2 is 2.08 bits per heavy atom. The molecule has 0 saturated carbocycles. The van der Waals surface area contributed by atoms with E-state index in [0.717, 1.165) is 12.1 Å². The number of hydrogen-bond donors (Lipinski definition) is 2. The molecule has 0 saturated heterocycles. The van der Waals surface area contributed by atoms with Gasteiger partial charge >= 0.3 is 10.2 Å². The zero-order chi connectivity index (χ0) is 10.1. The Balaban J connectivity index is 3.29. The largest absolute Gasteiger partial charge is 0.384 e. The highest BCUT2D eigenvalue weighted by molar-refractivity contribution is 7.86. The molecule has 0 bridgehead atoms. The number of amidine groups is 1. The molecule has 70 valence electrons. The molecule has 0 unspecified atom stereocenters. The minimum absolute atomic E-state index is 0.179.